The van der Waals surface area contributed by atoms with Crippen molar-refractivity contribution >= 4 is 34.8 Å². The Hall–Kier alpha value is -3.63. The Morgan fingerprint density at radius 2 is 1.75 bits per heavy atom. The van der Waals surface area contributed by atoms with Crippen molar-refractivity contribution in [3.8, 4) is 0 Å². The van der Waals surface area contributed by atoms with Gasteiger partial charge in [-0.2, -0.15) is 4.99 Å². The van der Waals surface area contributed by atoms with Gasteiger partial charge in [0, 0.05) is 21.8 Å². The summed E-state index contributed by atoms with van der Waals surface area (Å²) in [6, 6.07) is 10.2. The standard InChI is InChI=1S/C21H14ClF4N5O/c22-11-6-13(24)8-14(7-11)27-21(29-20(32)10-1-3-16(25)17(26)5-10)28-19-15-9-12(23)2-4-18(15)30-31-19/h1-9,19,30-31H,(H2,27,28,29,32). The Labute approximate surface area is 184 Å². The summed E-state index contributed by atoms with van der Waals surface area (Å²) in [6.45, 7) is 0. The van der Waals surface area contributed by atoms with Gasteiger partial charge in [0.1, 0.15) is 17.8 Å². The second-order valence-corrected chi connectivity index (χ2v) is 7.19. The monoisotopic (exact) mass is 463 g/mol. The molecule has 1 unspecified atom stereocenters. The van der Waals surface area contributed by atoms with E-state index in [-0.39, 0.29) is 22.2 Å². The first-order valence-electron chi connectivity index (χ1n) is 9.17. The highest BCUT2D eigenvalue weighted by molar-refractivity contribution is 6.31. The molecule has 0 fully saturated rings. The molecule has 1 amide bonds. The third-order valence-electron chi connectivity index (χ3n) is 4.46. The molecule has 0 aliphatic carbocycles. The average Bonchev–Trinajstić information content (AvgIpc) is 3.11. The van der Waals surface area contributed by atoms with Crippen LogP contribution in [0, 0.1) is 23.3 Å². The fourth-order valence-electron chi connectivity index (χ4n) is 3.02. The first-order chi connectivity index (χ1) is 15.3. The number of halogens is 5. The predicted molar refractivity (Wildman–Crippen MR) is 112 cm³/mol. The molecule has 0 saturated carbocycles. The molecule has 4 rings (SSSR count). The Morgan fingerprint density at radius 3 is 2.50 bits per heavy atom. The van der Waals surface area contributed by atoms with Crippen molar-refractivity contribution in [2.24, 2.45) is 4.99 Å². The van der Waals surface area contributed by atoms with E-state index in [4.69, 9.17) is 11.6 Å². The molecule has 3 aromatic carbocycles. The van der Waals surface area contributed by atoms with Crippen LogP contribution in [0.5, 0.6) is 0 Å². The largest absolute Gasteiger partial charge is 0.335 e. The second kappa shape index (κ2) is 8.85. The van der Waals surface area contributed by atoms with Gasteiger partial charge in [0.05, 0.1) is 5.69 Å². The topological polar surface area (TPSA) is 77.5 Å². The minimum absolute atomic E-state index is 0.0897. The van der Waals surface area contributed by atoms with Gasteiger partial charge in [-0.1, -0.05) is 11.6 Å². The van der Waals surface area contributed by atoms with Crippen LogP contribution in [0.25, 0.3) is 0 Å². The highest BCUT2D eigenvalue weighted by Gasteiger charge is 2.24. The molecule has 3 aromatic rings. The third-order valence-corrected chi connectivity index (χ3v) is 4.68. The molecule has 1 aliphatic heterocycles. The number of hydrogen-bond acceptors (Lipinski definition) is 3. The lowest BCUT2D eigenvalue weighted by Crippen LogP contribution is -2.40. The van der Waals surface area contributed by atoms with Crippen molar-refractivity contribution in [1.29, 1.82) is 0 Å². The molecule has 32 heavy (non-hydrogen) atoms. The number of benzene rings is 3. The van der Waals surface area contributed by atoms with Crippen molar-refractivity contribution in [2.75, 3.05) is 10.7 Å². The number of carbonyl (C=O) groups excluding carboxylic acids is 1. The van der Waals surface area contributed by atoms with Crippen molar-refractivity contribution in [3.05, 3.63) is 94.0 Å². The molecule has 1 aliphatic rings. The van der Waals surface area contributed by atoms with Crippen molar-refractivity contribution in [1.82, 2.24) is 10.7 Å². The highest BCUT2D eigenvalue weighted by atomic mass is 35.5. The van der Waals surface area contributed by atoms with Crippen LogP contribution < -0.4 is 21.5 Å². The number of guanidine groups is 1. The summed E-state index contributed by atoms with van der Waals surface area (Å²) in [5.41, 5.74) is 6.70. The fraction of sp³-hybridized carbons (Fsp3) is 0.0476. The molecule has 6 nitrogen and oxygen atoms in total. The lowest BCUT2D eigenvalue weighted by atomic mass is 10.1. The number of fused-ring (bicyclic) bond motifs is 1. The lowest BCUT2D eigenvalue weighted by Gasteiger charge is -2.18. The Balaban J connectivity index is 1.66. The lowest BCUT2D eigenvalue weighted by molar-refractivity contribution is 0.100. The number of hydrogen-bond donors (Lipinski definition) is 4. The van der Waals surface area contributed by atoms with Gasteiger partial charge in [0.15, 0.2) is 11.6 Å². The van der Waals surface area contributed by atoms with Crippen molar-refractivity contribution < 1.29 is 22.4 Å². The highest BCUT2D eigenvalue weighted by Crippen LogP contribution is 2.27. The number of anilines is 2. The normalized spacial score (nSPS) is 15.2. The smallest absolute Gasteiger partial charge is 0.280 e. The molecular formula is C21H14ClF4N5O. The van der Waals surface area contributed by atoms with Crippen molar-refractivity contribution in [3.63, 3.8) is 0 Å². The number of carbonyl (C=O) groups is 1. The zero-order valence-electron chi connectivity index (χ0n) is 16.0. The van der Waals surface area contributed by atoms with E-state index in [0.29, 0.717) is 17.3 Å². The van der Waals surface area contributed by atoms with Crippen LogP contribution >= 0.6 is 11.6 Å². The molecule has 0 spiro atoms. The number of rotatable bonds is 3. The van der Waals surface area contributed by atoms with Crippen LogP contribution in [0.3, 0.4) is 0 Å². The van der Waals surface area contributed by atoms with Gasteiger partial charge in [-0.3, -0.25) is 4.79 Å². The average molecular weight is 464 g/mol. The SMILES string of the molecule is O=C(/N=C(/Nc1cc(F)cc(Cl)c1)NC1NNc2ccc(F)cc21)c1ccc(F)c(F)c1. The molecule has 164 valence electrons. The number of aliphatic imine (C=N–C) groups is 1. The zero-order valence-corrected chi connectivity index (χ0v) is 16.8. The van der Waals surface area contributed by atoms with Crippen LogP contribution in [0.15, 0.2) is 59.6 Å². The van der Waals surface area contributed by atoms with E-state index in [9.17, 15) is 22.4 Å². The Kier molecular flexibility index (Phi) is 5.97. The minimum atomic E-state index is -1.21. The molecule has 1 atom stereocenters. The maximum atomic E-state index is 13.7. The molecule has 0 bridgehead atoms. The van der Waals surface area contributed by atoms with Gasteiger partial charge < -0.3 is 16.1 Å². The van der Waals surface area contributed by atoms with Crippen LogP contribution in [0.4, 0.5) is 28.9 Å². The summed E-state index contributed by atoms with van der Waals surface area (Å²) in [5, 5.41) is 5.67. The van der Waals surface area contributed by atoms with E-state index in [1.807, 2.05) is 0 Å². The first-order valence-corrected chi connectivity index (χ1v) is 9.55. The summed E-state index contributed by atoms with van der Waals surface area (Å²) < 4.78 is 54.2. The van der Waals surface area contributed by atoms with Gasteiger partial charge in [-0.15, -0.1) is 0 Å². The van der Waals surface area contributed by atoms with E-state index >= 15 is 0 Å². The van der Waals surface area contributed by atoms with E-state index in [0.717, 1.165) is 24.3 Å². The number of nitrogens with zero attached hydrogens (tertiary/aromatic N) is 1. The van der Waals surface area contributed by atoms with E-state index in [1.54, 1.807) is 0 Å². The van der Waals surface area contributed by atoms with Crippen LogP contribution in [0.1, 0.15) is 22.1 Å². The van der Waals surface area contributed by atoms with E-state index in [1.165, 1.54) is 24.3 Å². The molecule has 0 radical (unpaired) electrons. The van der Waals surface area contributed by atoms with E-state index < -0.39 is 35.3 Å². The maximum absolute atomic E-state index is 13.7. The summed E-state index contributed by atoms with van der Waals surface area (Å²) in [6.07, 6.45) is -0.742. The number of hydrazine groups is 1. The summed E-state index contributed by atoms with van der Waals surface area (Å²) in [4.78, 5) is 16.4. The van der Waals surface area contributed by atoms with Gasteiger partial charge in [0.25, 0.3) is 5.91 Å². The first kappa shape index (κ1) is 21.6. The summed E-state index contributed by atoms with van der Waals surface area (Å²) in [5.74, 6) is -4.54. The Morgan fingerprint density at radius 1 is 0.938 bits per heavy atom. The number of nitrogens with one attached hydrogen (secondary N) is 4. The minimum Gasteiger partial charge on any atom is -0.335 e. The summed E-state index contributed by atoms with van der Waals surface area (Å²) >= 11 is 5.87. The van der Waals surface area contributed by atoms with Gasteiger partial charge in [0.2, 0.25) is 5.96 Å². The van der Waals surface area contributed by atoms with Crippen molar-refractivity contribution in [2.45, 2.75) is 6.17 Å². The van der Waals surface area contributed by atoms with Crippen LogP contribution in [-0.2, 0) is 0 Å². The van der Waals surface area contributed by atoms with Gasteiger partial charge in [-0.25, -0.2) is 23.0 Å². The maximum Gasteiger partial charge on any atom is 0.280 e. The molecule has 0 saturated heterocycles. The van der Waals surface area contributed by atoms with Crippen LogP contribution in [0.2, 0.25) is 5.02 Å². The molecule has 0 aromatic heterocycles. The predicted octanol–water partition coefficient (Wildman–Crippen LogP) is 4.72. The third kappa shape index (κ3) is 4.82. The zero-order chi connectivity index (χ0) is 22.8. The second-order valence-electron chi connectivity index (χ2n) is 6.76. The number of amides is 1. The van der Waals surface area contributed by atoms with Crippen LogP contribution in [-0.4, -0.2) is 11.9 Å². The summed E-state index contributed by atoms with van der Waals surface area (Å²) in [7, 11) is 0. The molecule has 1 heterocycles. The molecular weight excluding hydrogens is 450 g/mol. The quantitative estimate of drug-likeness (QED) is 0.257. The molecule has 4 N–H and O–H groups in total. The molecule has 11 heteroatoms. The Bertz CT molecular complexity index is 1220. The van der Waals surface area contributed by atoms with E-state index in [2.05, 4.69) is 26.5 Å². The van der Waals surface area contributed by atoms with Gasteiger partial charge in [-0.05, 0) is 54.6 Å². The fourth-order valence-corrected chi connectivity index (χ4v) is 3.24. The van der Waals surface area contributed by atoms with Gasteiger partial charge >= 0.3 is 0 Å².